The number of halogens is 1. The Morgan fingerprint density at radius 2 is 2.00 bits per heavy atom. The molecule has 110 valence electrons. The third-order valence-corrected chi connectivity index (χ3v) is 4.04. The summed E-state index contributed by atoms with van der Waals surface area (Å²) in [6.45, 7) is 3.80. The molecular weight excluding hydrogens is 300 g/mol. The van der Waals surface area contributed by atoms with Crippen LogP contribution in [0.3, 0.4) is 0 Å². The van der Waals surface area contributed by atoms with Gasteiger partial charge in [-0.15, -0.1) is 6.58 Å². The van der Waals surface area contributed by atoms with E-state index < -0.39 is 10.0 Å². The largest absolute Gasteiger partial charge is 0.326 e. The molecule has 1 rings (SSSR count). The molecule has 5 nitrogen and oxygen atoms in total. The van der Waals surface area contributed by atoms with Gasteiger partial charge in [0.15, 0.2) is 0 Å². The molecule has 0 aliphatic carbocycles. The van der Waals surface area contributed by atoms with E-state index >= 15 is 0 Å². The van der Waals surface area contributed by atoms with E-state index in [1.165, 1.54) is 10.4 Å². The molecule has 0 aliphatic heterocycles. The maximum absolute atomic E-state index is 11.7. The Morgan fingerprint density at radius 1 is 1.40 bits per heavy atom. The molecule has 0 aromatic heterocycles. The molecule has 0 aliphatic rings. The lowest BCUT2D eigenvalue weighted by Crippen LogP contribution is -2.33. The van der Waals surface area contributed by atoms with E-state index in [0.29, 0.717) is 10.7 Å². The van der Waals surface area contributed by atoms with Gasteiger partial charge in [-0.25, -0.2) is 8.42 Å². The molecule has 0 spiro atoms. The zero-order valence-corrected chi connectivity index (χ0v) is 12.7. The van der Waals surface area contributed by atoms with Gasteiger partial charge in [0.2, 0.25) is 15.9 Å². The molecule has 1 aromatic carbocycles. The minimum atomic E-state index is -3.34. The van der Waals surface area contributed by atoms with Gasteiger partial charge in [0.1, 0.15) is 0 Å². The third kappa shape index (κ3) is 5.73. The van der Waals surface area contributed by atoms with E-state index in [-0.39, 0.29) is 25.4 Å². The highest BCUT2D eigenvalue weighted by atomic mass is 35.5. The highest BCUT2D eigenvalue weighted by Gasteiger charge is 2.16. The number of hydrogen-bond acceptors (Lipinski definition) is 3. The van der Waals surface area contributed by atoms with Crippen molar-refractivity contribution in [2.45, 2.75) is 6.42 Å². The number of sulfonamides is 1. The molecule has 1 amide bonds. The maximum atomic E-state index is 11.7. The zero-order chi connectivity index (χ0) is 15.2. The first-order valence-corrected chi connectivity index (χ1v) is 8.17. The maximum Gasteiger partial charge on any atom is 0.225 e. The number of amides is 1. The first kappa shape index (κ1) is 16.7. The fraction of sp³-hybridized carbons (Fsp3) is 0.308. The van der Waals surface area contributed by atoms with Crippen molar-refractivity contribution in [2.24, 2.45) is 0 Å². The summed E-state index contributed by atoms with van der Waals surface area (Å²) in [4.78, 5) is 11.7. The first-order chi connectivity index (χ1) is 9.32. The molecule has 0 saturated heterocycles. The Kier molecular flexibility index (Phi) is 6.19. The quantitative estimate of drug-likeness (QED) is 0.784. The number of benzene rings is 1. The number of nitrogens with one attached hydrogen (secondary N) is 1. The van der Waals surface area contributed by atoms with Gasteiger partial charge in [-0.05, 0) is 24.3 Å². The average Bonchev–Trinajstić information content (AvgIpc) is 2.36. The standard InChI is InChI=1S/C13H17ClN2O3S/c1-3-9-16(20(2,18)19)10-8-13(17)15-12-6-4-11(14)5-7-12/h3-7H,1,8-10H2,2H3,(H,15,17). The molecule has 0 heterocycles. The van der Waals surface area contributed by atoms with Crippen LogP contribution in [0.5, 0.6) is 0 Å². The molecule has 0 saturated carbocycles. The Bertz CT molecular complexity index is 570. The Labute approximate surface area is 124 Å². The molecule has 0 fully saturated rings. The van der Waals surface area contributed by atoms with Crippen molar-refractivity contribution in [3.63, 3.8) is 0 Å². The predicted molar refractivity (Wildman–Crippen MR) is 81.3 cm³/mol. The summed E-state index contributed by atoms with van der Waals surface area (Å²) in [5, 5.41) is 3.25. The van der Waals surface area contributed by atoms with Gasteiger partial charge < -0.3 is 5.32 Å². The second-order valence-corrected chi connectivity index (χ2v) is 6.63. The zero-order valence-electron chi connectivity index (χ0n) is 11.2. The van der Waals surface area contributed by atoms with Crippen LogP contribution in [-0.4, -0.2) is 38.0 Å². The van der Waals surface area contributed by atoms with Crippen LogP contribution in [0.15, 0.2) is 36.9 Å². The molecule has 0 atom stereocenters. The summed E-state index contributed by atoms with van der Waals surface area (Å²) >= 11 is 5.74. The van der Waals surface area contributed by atoms with Crippen molar-refractivity contribution < 1.29 is 13.2 Å². The van der Waals surface area contributed by atoms with E-state index in [4.69, 9.17) is 11.6 Å². The highest BCUT2D eigenvalue weighted by molar-refractivity contribution is 7.88. The van der Waals surface area contributed by atoms with E-state index in [0.717, 1.165) is 6.26 Å². The fourth-order valence-corrected chi connectivity index (χ4v) is 2.44. The Hall–Kier alpha value is -1.37. The first-order valence-electron chi connectivity index (χ1n) is 5.94. The smallest absolute Gasteiger partial charge is 0.225 e. The van der Waals surface area contributed by atoms with Gasteiger partial charge in [0.25, 0.3) is 0 Å². The Balaban J connectivity index is 2.53. The van der Waals surface area contributed by atoms with Crippen molar-refractivity contribution in [1.82, 2.24) is 4.31 Å². The number of hydrogen-bond donors (Lipinski definition) is 1. The monoisotopic (exact) mass is 316 g/mol. The number of carbonyl (C=O) groups excluding carboxylic acids is 1. The lowest BCUT2D eigenvalue weighted by Gasteiger charge is -2.17. The van der Waals surface area contributed by atoms with Crippen LogP contribution in [0.2, 0.25) is 5.02 Å². The van der Waals surface area contributed by atoms with Crippen LogP contribution < -0.4 is 5.32 Å². The van der Waals surface area contributed by atoms with Crippen LogP contribution in [0.4, 0.5) is 5.69 Å². The van der Waals surface area contributed by atoms with Crippen molar-refractivity contribution in [3.8, 4) is 0 Å². The molecule has 20 heavy (non-hydrogen) atoms. The average molecular weight is 317 g/mol. The van der Waals surface area contributed by atoms with Crippen LogP contribution in [0.25, 0.3) is 0 Å². The van der Waals surface area contributed by atoms with Crippen LogP contribution in [-0.2, 0) is 14.8 Å². The molecule has 0 unspecified atom stereocenters. The van der Waals surface area contributed by atoms with Crippen LogP contribution in [0, 0.1) is 0 Å². The van der Waals surface area contributed by atoms with E-state index in [9.17, 15) is 13.2 Å². The third-order valence-electron chi connectivity index (χ3n) is 2.52. The fourth-order valence-electron chi connectivity index (χ4n) is 1.52. The van der Waals surface area contributed by atoms with Gasteiger partial charge in [-0.3, -0.25) is 4.79 Å². The summed E-state index contributed by atoms with van der Waals surface area (Å²) in [5.74, 6) is -0.259. The van der Waals surface area contributed by atoms with Crippen LogP contribution >= 0.6 is 11.6 Å². The van der Waals surface area contributed by atoms with Gasteiger partial charge in [-0.2, -0.15) is 4.31 Å². The molecule has 1 aromatic rings. The summed E-state index contributed by atoms with van der Waals surface area (Å²) < 4.78 is 24.1. The van der Waals surface area contributed by atoms with Gasteiger partial charge in [-0.1, -0.05) is 17.7 Å². The lowest BCUT2D eigenvalue weighted by atomic mass is 10.3. The summed E-state index contributed by atoms with van der Waals surface area (Å²) in [6.07, 6.45) is 2.66. The Morgan fingerprint density at radius 3 is 2.50 bits per heavy atom. The van der Waals surface area contributed by atoms with Crippen molar-refractivity contribution in [2.75, 3.05) is 24.7 Å². The second-order valence-electron chi connectivity index (χ2n) is 4.21. The topological polar surface area (TPSA) is 66.5 Å². The number of carbonyl (C=O) groups is 1. The van der Waals surface area contributed by atoms with E-state index in [1.807, 2.05) is 0 Å². The van der Waals surface area contributed by atoms with Crippen LogP contribution in [0.1, 0.15) is 6.42 Å². The second kappa shape index (κ2) is 7.42. The molecule has 0 bridgehead atoms. The number of rotatable bonds is 7. The van der Waals surface area contributed by atoms with E-state index in [1.54, 1.807) is 24.3 Å². The minimum absolute atomic E-state index is 0.0730. The molecule has 0 radical (unpaired) electrons. The van der Waals surface area contributed by atoms with Gasteiger partial charge >= 0.3 is 0 Å². The predicted octanol–water partition coefficient (Wildman–Crippen LogP) is 2.12. The minimum Gasteiger partial charge on any atom is -0.326 e. The van der Waals surface area contributed by atoms with Crippen molar-refractivity contribution in [3.05, 3.63) is 41.9 Å². The highest BCUT2D eigenvalue weighted by Crippen LogP contribution is 2.13. The van der Waals surface area contributed by atoms with E-state index in [2.05, 4.69) is 11.9 Å². The van der Waals surface area contributed by atoms with Crippen molar-refractivity contribution >= 4 is 33.2 Å². The molecule has 7 heteroatoms. The molecular formula is C13H17ClN2O3S. The van der Waals surface area contributed by atoms with Gasteiger partial charge in [0.05, 0.1) is 6.26 Å². The summed E-state index contributed by atoms with van der Waals surface area (Å²) in [6, 6.07) is 6.69. The SMILES string of the molecule is C=CCN(CCC(=O)Nc1ccc(Cl)cc1)S(C)(=O)=O. The summed E-state index contributed by atoms with van der Waals surface area (Å²) in [7, 11) is -3.34. The lowest BCUT2D eigenvalue weighted by molar-refractivity contribution is -0.116. The van der Waals surface area contributed by atoms with Crippen molar-refractivity contribution in [1.29, 1.82) is 0 Å². The number of nitrogens with zero attached hydrogens (tertiary/aromatic N) is 1. The molecule has 1 N–H and O–H groups in total. The van der Waals surface area contributed by atoms with Gasteiger partial charge in [0, 0.05) is 30.2 Å². The number of anilines is 1. The summed E-state index contributed by atoms with van der Waals surface area (Å²) in [5.41, 5.74) is 0.619. The normalized spacial score (nSPS) is 11.3.